The molecule has 1 N–H and O–H groups in total. The Morgan fingerprint density at radius 3 is 2.44 bits per heavy atom. The molecular formula is C24H21N3O4S. The molecule has 0 radical (unpaired) electrons. The number of rotatable bonds is 6. The van der Waals surface area contributed by atoms with Gasteiger partial charge in [-0.3, -0.25) is 14.2 Å². The van der Waals surface area contributed by atoms with E-state index in [4.69, 9.17) is 4.74 Å². The van der Waals surface area contributed by atoms with Gasteiger partial charge in [-0.1, -0.05) is 48.5 Å². The largest absolute Gasteiger partial charge is 0.459 e. The molecule has 2 heterocycles. The van der Waals surface area contributed by atoms with Crippen molar-refractivity contribution in [3.63, 3.8) is 0 Å². The van der Waals surface area contributed by atoms with Gasteiger partial charge in [0.15, 0.2) is 0 Å². The maximum atomic E-state index is 13.2. The van der Waals surface area contributed by atoms with Crippen LogP contribution in [-0.4, -0.2) is 21.4 Å². The van der Waals surface area contributed by atoms with Gasteiger partial charge in [-0.25, -0.2) is 9.78 Å². The van der Waals surface area contributed by atoms with E-state index in [-0.39, 0.29) is 18.1 Å². The Bertz CT molecular complexity index is 1330. The molecule has 0 fully saturated rings. The van der Waals surface area contributed by atoms with Crippen molar-refractivity contribution in [2.24, 2.45) is 0 Å². The van der Waals surface area contributed by atoms with Crippen LogP contribution in [0.4, 0.5) is 5.69 Å². The third kappa shape index (κ3) is 4.31. The summed E-state index contributed by atoms with van der Waals surface area (Å²) in [7, 11) is 0. The average Bonchev–Trinajstić information content (AvgIpc) is 3.16. The van der Waals surface area contributed by atoms with Gasteiger partial charge < -0.3 is 10.1 Å². The molecule has 0 bridgehead atoms. The Hall–Kier alpha value is -3.78. The molecule has 4 aromatic rings. The monoisotopic (exact) mass is 447 g/mol. The first kappa shape index (κ1) is 21.5. The van der Waals surface area contributed by atoms with Crippen LogP contribution in [0.25, 0.3) is 10.2 Å². The van der Waals surface area contributed by atoms with Crippen LogP contribution in [0.3, 0.4) is 0 Å². The molecular weight excluding hydrogens is 426 g/mol. The maximum Gasteiger partial charge on any atom is 0.329 e. The lowest BCUT2D eigenvalue weighted by Gasteiger charge is -2.14. The number of esters is 1. The van der Waals surface area contributed by atoms with Gasteiger partial charge >= 0.3 is 5.97 Å². The zero-order valence-electron chi connectivity index (χ0n) is 17.6. The van der Waals surface area contributed by atoms with Crippen molar-refractivity contribution in [3.05, 3.63) is 93.3 Å². The van der Waals surface area contributed by atoms with Gasteiger partial charge in [0.05, 0.1) is 16.6 Å². The normalized spacial score (nSPS) is 11.8. The van der Waals surface area contributed by atoms with Crippen LogP contribution < -0.4 is 10.9 Å². The Labute approximate surface area is 188 Å². The number of hydrogen-bond donors (Lipinski definition) is 1. The third-order valence-corrected chi connectivity index (χ3v) is 6.29. The highest BCUT2D eigenvalue weighted by atomic mass is 32.1. The topological polar surface area (TPSA) is 90.3 Å². The van der Waals surface area contributed by atoms with E-state index in [0.717, 1.165) is 16.9 Å². The van der Waals surface area contributed by atoms with Crippen LogP contribution in [0.15, 0.2) is 71.8 Å². The molecule has 8 heteroatoms. The van der Waals surface area contributed by atoms with E-state index in [1.54, 1.807) is 26.0 Å². The third-order valence-electron chi connectivity index (χ3n) is 5.10. The summed E-state index contributed by atoms with van der Waals surface area (Å²) in [6.45, 7) is 3.42. The lowest BCUT2D eigenvalue weighted by atomic mass is 10.2. The van der Waals surface area contributed by atoms with Crippen molar-refractivity contribution in [2.45, 2.75) is 26.5 Å². The van der Waals surface area contributed by atoms with Crippen molar-refractivity contribution in [3.8, 4) is 0 Å². The zero-order valence-corrected chi connectivity index (χ0v) is 18.4. The molecule has 0 aliphatic rings. The predicted octanol–water partition coefficient (Wildman–Crippen LogP) is 4.32. The van der Waals surface area contributed by atoms with E-state index in [1.807, 2.05) is 48.5 Å². The number of nitrogens with zero attached hydrogens (tertiary/aromatic N) is 2. The Kier molecular flexibility index (Phi) is 6.13. The number of fused-ring (bicyclic) bond motifs is 1. The number of hydrogen-bond acceptors (Lipinski definition) is 6. The van der Waals surface area contributed by atoms with E-state index >= 15 is 0 Å². The minimum absolute atomic E-state index is 0.121. The summed E-state index contributed by atoms with van der Waals surface area (Å²) in [5, 5.41) is 3.16. The van der Waals surface area contributed by atoms with Gasteiger partial charge in [-0.2, -0.15) is 0 Å². The number of para-hydroxylation sites is 1. The van der Waals surface area contributed by atoms with Crippen molar-refractivity contribution in [1.29, 1.82) is 0 Å². The molecule has 2 aromatic heterocycles. The summed E-state index contributed by atoms with van der Waals surface area (Å²) in [5.41, 5.74) is 1.67. The van der Waals surface area contributed by atoms with Crippen LogP contribution in [0.5, 0.6) is 0 Å². The molecule has 0 saturated heterocycles. The summed E-state index contributed by atoms with van der Waals surface area (Å²) in [5.74, 6) is -0.843. The second-order valence-electron chi connectivity index (χ2n) is 7.28. The summed E-state index contributed by atoms with van der Waals surface area (Å²) in [4.78, 5) is 43.6. The van der Waals surface area contributed by atoms with Crippen LogP contribution >= 0.6 is 11.3 Å². The Morgan fingerprint density at radius 2 is 1.75 bits per heavy atom. The van der Waals surface area contributed by atoms with Gasteiger partial charge in [0, 0.05) is 5.69 Å². The zero-order chi connectivity index (χ0) is 22.7. The number of ether oxygens (including phenoxy) is 1. The molecule has 0 saturated carbocycles. The van der Waals surface area contributed by atoms with E-state index in [2.05, 4.69) is 10.3 Å². The number of carbonyl (C=O) groups excluding carboxylic acids is 2. The second-order valence-corrected chi connectivity index (χ2v) is 8.28. The number of thiophene rings is 1. The van der Waals surface area contributed by atoms with E-state index in [0.29, 0.717) is 26.3 Å². The first-order valence-electron chi connectivity index (χ1n) is 10.0. The second kappa shape index (κ2) is 9.15. The highest BCUT2D eigenvalue weighted by Crippen LogP contribution is 2.28. The first-order valence-corrected chi connectivity index (χ1v) is 10.8. The molecule has 1 amide bonds. The highest BCUT2D eigenvalue weighted by molar-refractivity contribution is 7.20. The quantitative estimate of drug-likeness (QED) is 0.445. The smallest absolute Gasteiger partial charge is 0.329 e. The van der Waals surface area contributed by atoms with Crippen molar-refractivity contribution >= 4 is 39.1 Å². The van der Waals surface area contributed by atoms with Gasteiger partial charge in [-0.05, 0) is 37.1 Å². The summed E-state index contributed by atoms with van der Waals surface area (Å²) >= 11 is 1.15. The number of aryl methyl sites for hydroxylation is 1. The molecule has 0 spiro atoms. The minimum atomic E-state index is -0.857. The molecule has 1 unspecified atom stereocenters. The fourth-order valence-corrected chi connectivity index (χ4v) is 4.34. The molecule has 0 aliphatic heterocycles. The molecule has 0 aliphatic carbocycles. The number of nitrogens with one attached hydrogen (secondary N) is 1. The van der Waals surface area contributed by atoms with Gasteiger partial charge in [0.25, 0.3) is 11.5 Å². The highest BCUT2D eigenvalue weighted by Gasteiger charge is 2.23. The Balaban J connectivity index is 1.58. The SMILES string of the molecule is Cc1c(C(=O)Nc2ccccc2)sc2ncn(C(C)C(=O)OCc3ccccc3)c(=O)c12. The van der Waals surface area contributed by atoms with Crippen LogP contribution in [-0.2, 0) is 16.1 Å². The number of amides is 1. The predicted molar refractivity (Wildman–Crippen MR) is 124 cm³/mol. The number of carbonyl (C=O) groups is 2. The lowest BCUT2D eigenvalue weighted by molar-refractivity contribution is -0.148. The van der Waals surface area contributed by atoms with Gasteiger partial charge in [0.1, 0.15) is 17.5 Å². The van der Waals surface area contributed by atoms with Gasteiger partial charge in [0.2, 0.25) is 0 Å². The summed E-state index contributed by atoms with van der Waals surface area (Å²) in [6, 6.07) is 17.5. The number of benzene rings is 2. The fraction of sp³-hybridized carbons (Fsp3) is 0.167. The maximum absolute atomic E-state index is 13.2. The van der Waals surface area contributed by atoms with Gasteiger partial charge in [-0.15, -0.1) is 11.3 Å². The van der Waals surface area contributed by atoms with Crippen molar-refractivity contribution < 1.29 is 14.3 Å². The van der Waals surface area contributed by atoms with Crippen LogP contribution in [0.1, 0.15) is 33.8 Å². The molecule has 7 nitrogen and oxygen atoms in total. The molecule has 4 rings (SSSR count). The molecule has 32 heavy (non-hydrogen) atoms. The number of anilines is 1. The molecule has 162 valence electrons. The molecule has 2 aromatic carbocycles. The van der Waals surface area contributed by atoms with Crippen LogP contribution in [0, 0.1) is 6.92 Å². The Morgan fingerprint density at radius 1 is 1.09 bits per heavy atom. The van der Waals surface area contributed by atoms with E-state index in [1.165, 1.54) is 10.9 Å². The van der Waals surface area contributed by atoms with E-state index < -0.39 is 12.0 Å². The molecule has 1 atom stereocenters. The van der Waals surface area contributed by atoms with Crippen LogP contribution in [0.2, 0.25) is 0 Å². The summed E-state index contributed by atoms with van der Waals surface area (Å²) < 4.78 is 6.61. The minimum Gasteiger partial charge on any atom is -0.459 e. The fourth-order valence-electron chi connectivity index (χ4n) is 3.30. The standard InChI is InChI=1S/C24H21N3O4S/c1-15-19-22(32-20(15)21(28)26-18-11-7-4-8-12-18)25-14-27(23(19)29)16(2)24(30)31-13-17-9-5-3-6-10-17/h3-12,14,16H,13H2,1-2H3,(H,26,28). The summed E-state index contributed by atoms with van der Waals surface area (Å²) in [6.07, 6.45) is 1.33. The van der Waals surface area contributed by atoms with Crippen molar-refractivity contribution in [2.75, 3.05) is 5.32 Å². The first-order chi connectivity index (χ1) is 15.5. The van der Waals surface area contributed by atoms with E-state index in [9.17, 15) is 14.4 Å². The lowest BCUT2D eigenvalue weighted by Crippen LogP contribution is -2.29. The average molecular weight is 448 g/mol. The number of aromatic nitrogens is 2. The van der Waals surface area contributed by atoms with Crippen molar-refractivity contribution in [1.82, 2.24) is 9.55 Å².